The van der Waals surface area contributed by atoms with Gasteiger partial charge in [0.25, 0.3) is 5.69 Å². The summed E-state index contributed by atoms with van der Waals surface area (Å²) in [6.07, 6.45) is 0. The molecule has 0 heterocycles. The molecule has 21 heavy (non-hydrogen) atoms. The van der Waals surface area contributed by atoms with E-state index in [9.17, 15) is 14.5 Å². The fraction of sp³-hybridized carbons (Fsp3) is 0.143. The van der Waals surface area contributed by atoms with Gasteiger partial charge in [-0.2, -0.15) is 0 Å². The molecular weight excluding hydrogens is 297 g/mol. The van der Waals surface area contributed by atoms with Gasteiger partial charge >= 0.3 is 0 Å². The van der Waals surface area contributed by atoms with Gasteiger partial charge < -0.3 is 11.1 Å². The average molecular weight is 310 g/mol. The number of nitrogens with one attached hydrogen (secondary N) is 1. The van der Waals surface area contributed by atoms with Gasteiger partial charge in [-0.3, -0.25) is 10.1 Å². The predicted octanol–water partition coefficient (Wildman–Crippen LogP) is 3.46. The van der Waals surface area contributed by atoms with Crippen molar-refractivity contribution < 1.29 is 9.31 Å². The first-order valence-electron chi connectivity index (χ1n) is 6.16. The Bertz CT molecular complexity index is 662. The van der Waals surface area contributed by atoms with Gasteiger partial charge in [0.1, 0.15) is 11.5 Å². The summed E-state index contributed by atoms with van der Waals surface area (Å²) in [7, 11) is 0. The van der Waals surface area contributed by atoms with Crippen LogP contribution < -0.4 is 11.1 Å². The molecule has 110 valence electrons. The molecule has 0 radical (unpaired) electrons. The van der Waals surface area contributed by atoms with Crippen molar-refractivity contribution in [2.75, 3.05) is 5.32 Å². The number of anilines is 1. The first-order valence-corrected chi connectivity index (χ1v) is 6.54. The van der Waals surface area contributed by atoms with Gasteiger partial charge in [-0.25, -0.2) is 4.39 Å². The van der Waals surface area contributed by atoms with Crippen LogP contribution in [0.15, 0.2) is 36.4 Å². The molecule has 0 aliphatic heterocycles. The highest BCUT2D eigenvalue weighted by molar-refractivity contribution is 6.31. The SMILES string of the molecule is NCc1ccc(CNc2cc(F)c(Cl)cc2[N+](=O)[O-])cc1. The van der Waals surface area contributed by atoms with Gasteiger partial charge in [-0.1, -0.05) is 35.9 Å². The summed E-state index contributed by atoms with van der Waals surface area (Å²) in [5.41, 5.74) is 7.22. The second kappa shape index (κ2) is 6.51. The van der Waals surface area contributed by atoms with Gasteiger partial charge in [0.05, 0.1) is 9.95 Å². The van der Waals surface area contributed by atoms with Crippen LogP contribution in [0.25, 0.3) is 0 Å². The van der Waals surface area contributed by atoms with Crippen molar-refractivity contribution in [3.05, 3.63) is 68.5 Å². The highest BCUT2D eigenvalue weighted by atomic mass is 35.5. The second-order valence-corrected chi connectivity index (χ2v) is 4.82. The van der Waals surface area contributed by atoms with Gasteiger partial charge in [0, 0.05) is 25.2 Å². The quantitative estimate of drug-likeness (QED) is 0.654. The van der Waals surface area contributed by atoms with Crippen LogP contribution in [0.5, 0.6) is 0 Å². The van der Waals surface area contributed by atoms with Gasteiger partial charge in [0.2, 0.25) is 0 Å². The lowest BCUT2D eigenvalue weighted by Gasteiger charge is -2.08. The molecule has 0 unspecified atom stereocenters. The molecule has 0 aliphatic rings. The molecule has 0 aliphatic carbocycles. The molecule has 0 bridgehead atoms. The van der Waals surface area contributed by atoms with Crippen LogP contribution in [0.1, 0.15) is 11.1 Å². The van der Waals surface area contributed by atoms with E-state index >= 15 is 0 Å². The number of nitro benzene ring substituents is 1. The van der Waals surface area contributed by atoms with Crippen LogP contribution in [0.2, 0.25) is 5.02 Å². The molecule has 5 nitrogen and oxygen atoms in total. The van der Waals surface area contributed by atoms with Gasteiger partial charge in [0.15, 0.2) is 0 Å². The van der Waals surface area contributed by atoms with E-state index in [-0.39, 0.29) is 16.4 Å². The van der Waals surface area contributed by atoms with Gasteiger partial charge in [-0.05, 0) is 11.1 Å². The largest absolute Gasteiger partial charge is 0.375 e. The molecule has 2 rings (SSSR count). The Balaban J connectivity index is 2.18. The number of nitrogens with zero attached hydrogens (tertiary/aromatic N) is 1. The molecule has 2 aromatic carbocycles. The van der Waals surface area contributed by atoms with Crippen LogP contribution in [-0.2, 0) is 13.1 Å². The molecule has 0 amide bonds. The topological polar surface area (TPSA) is 81.2 Å². The summed E-state index contributed by atoms with van der Waals surface area (Å²) in [6, 6.07) is 9.47. The van der Waals surface area contributed by atoms with Crippen molar-refractivity contribution in [2.24, 2.45) is 5.73 Å². The second-order valence-electron chi connectivity index (χ2n) is 4.41. The van der Waals surface area contributed by atoms with E-state index in [0.29, 0.717) is 13.1 Å². The van der Waals surface area contributed by atoms with Crippen molar-refractivity contribution >= 4 is 23.0 Å². The summed E-state index contributed by atoms with van der Waals surface area (Å²) in [5, 5.41) is 13.5. The van der Waals surface area contributed by atoms with E-state index in [1.807, 2.05) is 24.3 Å². The Morgan fingerprint density at radius 1 is 1.24 bits per heavy atom. The Kier molecular flexibility index (Phi) is 4.72. The first-order chi connectivity index (χ1) is 10.0. The maximum absolute atomic E-state index is 13.4. The van der Waals surface area contributed by atoms with Crippen LogP contribution in [-0.4, -0.2) is 4.92 Å². The maximum Gasteiger partial charge on any atom is 0.294 e. The number of nitrogens with two attached hydrogens (primary N) is 1. The van der Waals surface area contributed by atoms with Gasteiger partial charge in [-0.15, -0.1) is 0 Å². The van der Waals surface area contributed by atoms with Crippen molar-refractivity contribution in [3.63, 3.8) is 0 Å². The highest BCUT2D eigenvalue weighted by Crippen LogP contribution is 2.30. The molecule has 0 saturated carbocycles. The summed E-state index contributed by atoms with van der Waals surface area (Å²) in [6.45, 7) is 0.772. The minimum atomic E-state index is -0.705. The van der Waals surface area contributed by atoms with E-state index < -0.39 is 10.7 Å². The lowest BCUT2D eigenvalue weighted by molar-refractivity contribution is -0.384. The molecule has 0 fully saturated rings. The monoisotopic (exact) mass is 309 g/mol. The van der Waals surface area contributed by atoms with E-state index in [4.69, 9.17) is 17.3 Å². The third kappa shape index (κ3) is 3.68. The van der Waals surface area contributed by atoms with Crippen molar-refractivity contribution in [3.8, 4) is 0 Å². The zero-order valence-electron chi connectivity index (χ0n) is 11.0. The zero-order valence-corrected chi connectivity index (χ0v) is 11.7. The molecule has 0 aromatic heterocycles. The van der Waals surface area contributed by atoms with Crippen LogP contribution in [0.4, 0.5) is 15.8 Å². The summed E-state index contributed by atoms with van der Waals surface area (Å²) < 4.78 is 13.4. The van der Waals surface area contributed by atoms with E-state index in [2.05, 4.69) is 5.32 Å². The molecule has 0 spiro atoms. The number of hydrogen-bond acceptors (Lipinski definition) is 4. The van der Waals surface area contributed by atoms with E-state index in [0.717, 1.165) is 23.3 Å². The van der Waals surface area contributed by atoms with E-state index in [1.54, 1.807) is 0 Å². The Morgan fingerprint density at radius 2 is 1.86 bits per heavy atom. The summed E-state index contributed by atoms with van der Waals surface area (Å²) in [5.74, 6) is -0.705. The molecular formula is C14H13ClFN3O2. The zero-order chi connectivity index (χ0) is 15.4. The molecule has 3 N–H and O–H groups in total. The lowest BCUT2D eigenvalue weighted by atomic mass is 10.1. The highest BCUT2D eigenvalue weighted by Gasteiger charge is 2.17. The van der Waals surface area contributed by atoms with E-state index in [1.165, 1.54) is 0 Å². The fourth-order valence-corrected chi connectivity index (χ4v) is 1.98. The number of benzene rings is 2. The molecule has 2 aromatic rings. The normalized spacial score (nSPS) is 10.4. The summed E-state index contributed by atoms with van der Waals surface area (Å²) >= 11 is 5.56. The first kappa shape index (κ1) is 15.2. The van der Waals surface area contributed by atoms with Crippen LogP contribution in [0.3, 0.4) is 0 Å². The number of nitro groups is 1. The number of halogens is 2. The van der Waals surface area contributed by atoms with Crippen molar-refractivity contribution in [1.29, 1.82) is 0 Å². The maximum atomic E-state index is 13.4. The van der Waals surface area contributed by atoms with Crippen LogP contribution >= 0.6 is 11.6 Å². The van der Waals surface area contributed by atoms with Crippen LogP contribution in [0, 0.1) is 15.9 Å². The predicted molar refractivity (Wildman–Crippen MR) is 79.7 cm³/mol. The third-order valence-electron chi connectivity index (χ3n) is 2.98. The van der Waals surface area contributed by atoms with Crippen molar-refractivity contribution in [2.45, 2.75) is 13.1 Å². The molecule has 7 heteroatoms. The summed E-state index contributed by atoms with van der Waals surface area (Å²) in [4.78, 5) is 10.3. The molecule has 0 atom stereocenters. The minimum Gasteiger partial charge on any atom is -0.375 e. The Morgan fingerprint density at radius 3 is 2.43 bits per heavy atom. The third-order valence-corrected chi connectivity index (χ3v) is 3.27. The smallest absolute Gasteiger partial charge is 0.294 e. The standard InChI is InChI=1S/C14H13ClFN3O2/c15-11-5-14(19(20)21)13(6-12(11)16)18-8-10-3-1-9(7-17)2-4-10/h1-6,18H,7-8,17H2. The Labute approximate surface area is 125 Å². The van der Waals surface area contributed by atoms with Crippen molar-refractivity contribution in [1.82, 2.24) is 0 Å². The lowest BCUT2D eigenvalue weighted by Crippen LogP contribution is -2.04. The fourth-order valence-electron chi connectivity index (χ4n) is 1.82. The average Bonchev–Trinajstić information content (AvgIpc) is 2.48. The molecule has 0 saturated heterocycles. The number of rotatable bonds is 5. The number of hydrogen-bond donors (Lipinski definition) is 2. The minimum absolute atomic E-state index is 0.0878. The Hall–Kier alpha value is -2.18.